The SMILES string of the molecule is O=C(COC(=O)c1cc([N+](=O)[O-])ccc1Cl)Nc1ccc(F)cc1. The highest BCUT2D eigenvalue weighted by Crippen LogP contribution is 2.22. The van der Waals surface area contributed by atoms with Crippen molar-refractivity contribution in [3.63, 3.8) is 0 Å². The number of benzene rings is 2. The molecule has 0 aliphatic rings. The summed E-state index contributed by atoms with van der Waals surface area (Å²) < 4.78 is 17.5. The summed E-state index contributed by atoms with van der Waals surface area (Å²) in [6.45, 7) is -0.630. The molecule has 0 aliphatic heterocycles. The molecule has 0 aromatic heterocycles. The van der Waals surface area contributed by atoms with Crippen LogP contribution < -0.4 is 5.32 Å². The van der Waals surface area contributed by atoms with Crippen LogP contribution in [0.2, 0.25) is 5.02 Å². The Morgan fingerprint density at radius 3 is 2.50 bits per heavy atom. The summed E-state index contributed by atoms with van der Waals surface area (Å²) in [7, 11) is 0. The zero-order valence-electron chi connectivity index (χ0n) is 12.0. The van der Waals surface area contributed by atoms with Gasteiger partial charge in [-0.15, -0.1) is 0 Å². The van der Waals surface area contributed by atoms with E-state index in [4.69, 9.17) is 16.3 Å². The number of hydrogen-bond donors (Lipinski definition) is 1. The van der Waals surface area contributed by atoms with Crippen LogP contribution in [0.15, 0.2) is 42.5 Å². The molecule has 0 radical (unpaired) electrons. The lowest BCUT2D eigenvalue weighted by Crippen LogP contribution is -2.21. The van der Waals surface area contributed by atoms with Gasteiger partial charge in [0, 0.05) is 17.8 Å². The number of ether oxygens (including phenoxy) is 1. The van der Waals surface area contributed by atoms with Gasteiger partial charge in [0.2, 0.25) is 0 Å². The molecule has 124 valence electrons. The van der Waals surface area contributed by atoms with Gasteiger partial charge in [0.05, 0.1) is 15.5 Å². The zero-order valence-corrected chi connectivity index (χ0v) is 12.7. The summed E-state index contributed by atoms with van der Waals surface area (Å²) in [4.78, 5) is 33.6. The maximum Gasteiger partial charge on any atom is 0.340 e. The van der Waals surface area contributed by atoms with Crippen LogP contribution in [0.3, 0.4) is 0 Å². The maximum absolute atomic E-state index is 12.8. The van der Waals surface area contributed by atoms with Gasteiger partial charge < -0.3 is 10.1 Å². The molecule has 2 aromatic rings. The van der Waals surface area contributed by atoms with E-state index in [-0.39, 0.29) is 16.3 Å². The number of nitro benzene ring substituents is 1. The molecule has 0 saturated carbocycles. The molecule has 0 saturated heterocycles. The molecule has 9 heteroatoms. The fourth-order valence-electron chi connectivity index (χ4n) is 1.72. The van der Waals surface area contributed by atoms with E-state index in [0.717, 1.165) is 24.3 Å². The van der Waals surface area contributed by atoms with E-state index in [2.05, 4.69) is 5.32 Å². The van der Waals surface area contributed by atoms with E-state index in [1.807, 2.05) is 0 Å². The summed E-state index contributed by atoms with van der Waals surface area (Å²) in [6, 6.07) is 8.28. The van der Waals surface area contributed by atoms with E-state index in [9.17, 15) is 24.1 Å². The van der Waals surface area contributed by atoms with Crippen LogP contribution in [0.4, 0.5) is 15.8 Å². The Labute approximate surface area is 140 Å². The minimum atomic E-state index is -0.974. The van der Waals surface area contributed by atoms with Gasteiger partial charge in [0.1, 0.15) is 5.82 Å². The van der Waals surface area contributed by atoms with Crippen molar-refractivity contribution in [2.45, 2.75) is 0 Å². The maximum atomic E-state index is 12.8. The highest BCUT2D eigenvalue weighted by atomic mass is 35.5. The topological polar surface area (TPSA) is 98.5 Å². The highest BCUT2D eigenvalue weighted by molar-refractivity contribution is 6.33. The number of rotatable bonds is 5. The molecule has 0 unspecified atom stereocenters. The van der Waals surface area contributed by atoms with Crippen molar-refractivity contribution in [3.8, 4) is 0 Å². The molecule has 0 bridgehead atoms. The molecular weight excluding hydrogens is 343 g/mol. The lowest BCUT2D eigenvalue weighted by atomic mass is 10.2. The van der Waals surface area contributed by atoms with Crippen molar-refractivity contribution in [1.82, 2.24) is 0 Å². The summed E-state index contributed by atoms with van der Waals surface area (Å²) in [5.74, 6) is -2.09. The van der Waals surface area contributed by atoms with Crippen LogP contribution in [0, 0.1) is 15.9 Å². The first-order valence-electron chi connectivity index (χ1n) is 6.53. The standard InChI is InChI=1S/C15H10ClFN2O5/c16-13-6-5-11(19(22)23)7-12(13)15(21)24-8-14(20)18-10-3-1-9(17)2-4-10/h1-7H,8H2,(H,18,20). The normalized spacial score (nSPS) is 10.1. The van der Waals surface area contributed by atoms with Gasteiger partial charge >= 0.3 is 5.97 Å². The van der Waals surface area contributed by atoms with Crippen molar-refractivity contribution in [2.24, 2.45) is 0 Å². The van der Waals surface area contributed by atoms with E-state index >= 15 is 0 Å². The van der Waals surface area contributed by atoms with Crippen LogP contribution in [0.1, 0.15) is 10.4 Å². The lowest BCUT2D eigenvalue weighted by molar-refractivity contribution is -0.384. The Bertz CT molecular complexity index is 795. The van der Waals surface area contributed by atoms with Crippen molar-refractivity contribution in [2.75, 3.05) is 11.9 Å². The molecule has 24 heavy (non-hydrogen) atoms. The number of hydrogen-bond acceptors (Lipinski definition) is 5. The van der Waals surface area contributed by atoms with E-state index in [0.29, 0.717) is 5.69 Å². The number of anilines is 1. The fourth-order valence-corrected chi connectivity index (χ4v) is 1.92. The third-order valence-corrected chi connectivity index (χ3v) is 3.17. The van der Waals surface area contributed by atoms with E-state index in [1.165, 1.54) is 18.2 Å². The van der Waals surface area contributed by atoms with E-state index < -0.39 is 29.2 Å². The summed E-state index contributed by atoms with van der Waals surface area (Å²) in [6.07, 6.45) is 0. The smallest absolute Gasteiger partial charge is 0.340 e. The molecule has 0 heterocycles. The molecule has 7 nitrogen and oxygen atoms in total. The number of carbonyl (C=O) groups excluding carboxylic acids is 2. The molecule has 0 fully saturated rings. The van der Waals surface area contributed by atoms with Gasteiger partial charge in [-0.3, -0.25) is 14.9 Å². The average Bonchev–Trinajstić information content (AvgIpc) is 2.55. The number of esters is 1. The first kappa shape index (κ1) is 17.4. The Balaban J connectivity index is 1.97. The molecule has 1 amide bonds. The molecule has 2 rings (SSSR count). The van der Waals surface area contributed by atoms with Gasteiger partial charge in [0.15, 0.2) is 6.61 Å². The van der Waals surface area contributed by atoms with Gasteiger partial charge in [-0.05, 0) is 30.3 Å². The van der Waals surface area contributed by atoms with Crippen molar-refractivity contribution in [3.05, 3.63) is 69.0 Å². The number of nitro groups is 1. The third kappa shape index (κ3) is 4.50. The van der Waals surface area contributed by atoms with Gasteiger partial charge in [-0.25, -0.2) is 9.18 Å². The first-order chi connectivity index (χ1) is 11.4. The van der Waals surface area contributed by atoms with Crippen LogP contribution in [0.5, 0.6) is 0 Å². The average molecular weight is 353 g/mol. The minimum Gasteiger partial charge on any atom is -0.452 e. The Morgan fingerprint density at radius 2 is 1.88 bits per heavy atom. The van der Waals surface area contributed by atoms with Gasteiger partial charge in [-0.1, -0.05) is 11.6 Å². The summed E-state index contributed by atoms with van der Waals surface area (Å²) >= 11 is 5.80. The van der Waals surface area contributed by atoms with Crippen LogP contribution in [-0.2, 0) is 9.53 Å². The molecule has 1 N–H and O–H groups in total. The molecule has 0 spiro atoms. The van der Waals surface area contributed by atoms with Crippen molar-refractivity contribution < 1.29 is 23.6 Å². The van der Waals surface area contributed by atoms with E-state index in [1.54, 1.807) is 0 Å². The Kier molecular flexibility index (Phi) is 5.43. The third-order valence-electron chi connectivity index (χ3n) is 2.84. The monoisotopic (exact) mass is 352 g/mol. The largest absolute Gasteiger partial charge is 0.452 e. The van der Waals surface area contributed by atoms with Crippen LogP contribution in [0.25, 0.3) is 0 Å². The molecule has 0 aliphatic carbocycles. The highest BCUT2D eigenvalue weighted by Gasteiger charge is 2.18. The predicted molar refractivity (Wildman–Crippen MR) is 83.4 cm³/mol. The Morgan fingerprint density at radius 1 is 1.21 bits per heavy atom. The zero-order chi connectivity index (χ0) is 17.7. The Hall–Kier alpha value is -3.00. The number of amides is 1. The van der Waals surface area contributed by atoms with Crippen LogP contribution in [-0.4, -0.2) is 23.4 Å². The predicted octanol–water partition coefficient (Wildman–Crippen LogP) is 3.18. The minimum absolute atomic E-state index is 0.0375. The van der Waals surface area contributed by atoms with Crippen molar-refractivity contribution in [1.29, 1.82) is 0 Å². The second kappa shape index (κ2) is 7.51. The number of carbonyl (C=O) groups is 2. The molecule has 0 atom stereocenters. The number of nitrogens with one attached hydrogen (secondary N) is 1. The fraction of sp³-hybridized carbons (Fsp3) is 0.0667. The lowest BCUT2D eigenvalue weighted by Gasteiger charge is -2.07. The second-order valence-electron chi connectivity index (χ2n) is 4.55. The molecular formula is C15H10ClFN2O5. The first-order valence-corrected chi connectivity index (χ1v) is 6.91. The second-order valence-corrected chi connectivity index (χ2v) is 4.96. The number of nitrogens with zero attached hydrogens (tertiary/aromatic N) is 1. The summed E-state index contributed by atoms with van der Waals surface area (Å²) in [5.41, 5.74) is -0.228. The van der Waals surface area contributed by atoms with Crippen molar-refractivity contribution >= 4 is 34.9 Å². The van der Waals surface area contributed by atoms with Crippen LogP contribution >= 0.6 is 11.6 Å². The quantitative estimate of drug-likeness (QED) is 0.506. The molecule has 2 aromatic carbocycles. The number of non-ortho nitro benzene ring substituents is 1. The van der Waals surface area contributed by atoms with Gasteiger partial charge in [-0.2, -0.15) is 0 Å². The van der Waals surface area contributed by atoms with Gasteiger partial charge in [0.25, 0.3) is 11.6 Å². The number of halogens is 2. The summed E-state index contributed by atoms with van der Waals surface area (Å²) in [5, 5.41) is 13.1.